The molecular weight excluding hydrogens is 407 g/mol. The van der Waals surface area contributed by atoms with Crippen molar-refractivity contribution in [1.29, 1.82) is 0 Å². The number of aliphatic imine (C=N–C) groups is 1. The highest BCUT2D eigenvalue weighted by molar-refractivity contribution is 14.0. The fourth-order valence-electron chi connectivity index (χ4n) is 2.56. The van der Waals surface area contributed by atoms with Crippen molar-refractivity contribution in [3.63, 3.8) is 0 Å². The van der Waals surface area contributed by atoms with Crippen LogP contribution in [0.1, 0.15) is 32.4 Å². The van der Waals surface area contributed by atoms with Crippen LogP contribution < -0.4 is 10.6 Å². The molecule has 1 aromatic heterocycles. The molecule has 1 aliphatic rings. The van der Waals surface area contributed by atoms with E-state index in [9.17, 15) is 4.79 Å². The van der Waals surface area contributed by atoms with Crippen molar-refractivity contribution >= 4 is 35.8 Å². The summed E-state index contributed by atoms with van der Waals surface area (Å²) in [5.41, 5.74) is 1.06. The van der Waals surface area contributed by atoms with Crippen LogP contribution in [-0.4, -0.2) is 52.2 Å². The monoisotopic (exact) mass is 434 g/mol. The molecule has 1 unspecified atom stereocenters. The molecule has 1 fully saturated rings. The van der Waals surface area contributed by atoms with Gasteiger partial charge in [-0.1, -0.05) is 6.92 Å². The third-order valence-electron chi connectivity index (χ3n) is 3.85. The summed E-state index contributed by atoms with van der Waals surface area (Å²) < 4.78 is 1.82. The lowest BCUT2D eigenvalue weighted by molar-refractivity contribution is -0.129. The smallest absolute Gasteiger partial charge is 0.222 e. The molecule has 130 valence electrons. The molecule has 1 atom stereocenters. The molecule has 2 rings (SSSR count). The van der Waals surface area contributed by atoms with Gasteiger partial charge in [-0.25, -0.2) is 4.99 Å². The third-order valence-corrected chi connectivity index (χ3v) is 3.85. The number of nitrogens with one attached hydrogen (secondary N) is 2. The van der Waals surface area contributed by atoms with Crippen LogP contribution in [-0.2, 0) is 18.4 Å². The number of amides is 1. The number of nitrogens with zero attached hydrogens (tertiary/aromatic N) is 4. The van der Waals surface area contributed by atoms with E-state index in [0.29, 0.717) is 13.0 Å². The fraction of sp³-hybridized carbons (Fsp3) is 0.667. The quantitative estimate of drug-likeness (QED) is 0.414. The molecule has 1 aliphatic heterocycles. The standard InChI is InChI=1S/C15H26N6O.HI/c1-4-14(22)21-9-7-12(11-21)19-15(16-5-2)17-10-13-6-8-18-20(13)3;/h6,8,12H,4-5,7,9-11H2,1-3H3,(H2,16,17,19);1H. The normalized spacial score (nSPS) is 17.8. The molecule has 23 heavy (non-hydrogen) atoms. The largest absolute Gasteiger partial charge is 0.357 e. The topological polar surface area (TPSA) is 74.6 Å². The van der Waals surface area contributed by atoms with Gasteiger partial charge >= 0.3 is 0 Å². The average molecular weight is 434 g/mol. The molecule has 1 amide bonds. The van der Waals surface area contributed by atoms with E-state index in [4.69, 9.17) is 0 Å². The van der Waals surface area contributed by atoms with Crippen LogP contribution >= 0.6 is 24.0 Å². The Balaban J connectivity index is 0.00000264. The lowest BCUT2D eigenvalue weighted by atomic mass is 10.3. The molecule has 2 N–H and O–H groups in total. The molecule has 0 spiro atoms. The van der Waals surface area contributed by atoms with Gasteiger partial charge in [-0.15, -0.1) is 24.0 Å². The van der Waals surface area contributed by atoms with Crippen LogP contribution in [0.2, 0.25) is 0 Å². The van der Waals surface area contributed by atoms with Gasteiger partial charge in [0.15, 0.2) is 5.96 Å². The number of hydrogen-bond donors (Lipinski definition) is 2. The average Bonchev–Trinajstić information content (AvgIpc) is 3.13. The number of hydrogen-bond acceptors (Lipinski definition) is 3. The molecule has 0 aliphatic carbocycles. The van der Waals surface area contributed by atoms with E-state index in [1.165, 1.54) is 0 Å². The first-order valence-corrected chi connectivity index (χ1v) is 7.93. The number of carbonyl (C=O) groups is 1. The zero-order valence-electron chi connectivity index (χ0n) is 14.1. The minimum absolute atomic E-state index is 0. The second-order valence-electron chi connectivity index (χ2n) is 5.46. The summed E-state index contributed by atoms with van der Waals surface area (Å²) >= 11 is 0. The zero-order valence-corrected chi connectivity index (χ0v) is 16.4. The predicted molar refractivity (Wildman–Crippen MR) is 102 cm³/mol. The Labute approximate surface area is 154 Å². The summed E-state index contributed by atoms with van der Waals surface area (Å²) in [5, 5.41) is 10.8. The van der Waals surface area contributed by atoms with Gasteiger partial charge in [0.2, 0.25) is 5.91 Å². The van der Waals surface area contributed by atoms with E-state index in [1.54, 1.807) is 6.20 Å². The van der Waals surface area contributed by atoms with Crippen molar-refractivity contribution in [2.45, 2.75) is 39.3 Å². The molecule has 0 saturated carbocycles. The van der Waals surface area contributed by atoms with E-state index in [-0.39, 0.29) is 35.9 Å². The fourth-order valence-corrected chi connectivity index (χ4v) is 2.56. The second kappa shape index (κ2) is 9.74. The van der Waals surface area contributed by atoms with Crippen molar-refractivity contribution in [1.82, 2.24) is 25.3 Å². The number of aryl methyl sites for hydroxylation is 1. The highest BCUT2D eigenvalue weighted by Gasteiger charge is 2.25. The Morgan fingerprint density at radius 1 is 1.48 bits per heavy atom. The number of guanidine groups is 1. The first-order chi connectivity index (χ1) is 10.6. The van der Waals surface area contributed by atoms with Gasteiger partial charge in [-0.3, -0.25) is 9.48 Å². The first kappa shape index (κ1) is 19.7. The van der Waals surface area contributed by atoms with Gasteiger partial charge in [0.1, 0.15) is 0 Å². The van der Waals surface area contributed by atoms with Gasteiger partial charge < -0.3 is 15.5 Å². The van der Waals surface area contributed by atoms with E-state index < -0.39 is 0 Å². The highest BCUT2D eigenvalue weighted by Crippen LogP contribution is 2.10. The van der Waals surface area contributed by atoms with Crippen molar-refractivity contribution in [2.75, 3.05) is 19.6 Å². The first-order valence-electron chi connectivity index (χ1n) is 7.93. The number of likely N-dealkylation sites (tertiary alicyclic amines) is 1. The molecule has 0 bridgehead atoms. The minimum atomic E-state index is 0. The molecule has 1 saturated heterocycles. The molecule has 0 radical (unpaired) electrons. The lowest BCUT2D eigenvalue weighted by Gasteiger charge is -2.18. The van der Waals surface area contributed by atoms with E-state index >= 15 is 0 Å². The van der Waals surface area contributed by atoms with Gasteiger partial charge in [-0.2, -0.15) is 5.10 Å². The Hall–Kier alpha value is -1.32. The number of halogens is 1. The van der Waals surface area contributed by atoms with Crippen molar-refractivity contribution in [3.05, 3.63) is 18.0 Å². The van der Waals surface area contributed by atoms with Crippen LogP contribution in [0.25, 0.3) is 0 Å². The van der Waals surface area contributed by atoms with Gasteiger partial charge in [-0.05, 0) is 19.4 Å². The minimum Gasteiger partial charge on any atom is -0.357 e. The number of rotatable bonds is 5. The SMILES string of the molecule is CCNC(=NCc1ccnn1C)NC1CCN(C(=O)CC)C1.I. The maximum Gasteiger partial charge on any atom is 0.222 e. The third kappa shape index (κ3) is 5.67. The zero-order chi connectivity index (χ0) is 15.9. The maximum absolute atomic E-state index is 11.7. The van der Waals surface area contributed by atoms with Crippen molar-refractivity contribution < 1.29 is 4.79 Å². The summed E-state index contributed by atoms with van der Waals surface area (Å²) in [6, 6.07) is 2.23. The Morgan fingerprint density at radius 3 is 2.87 bits per heavy atom. The van der Waals surface area contributed by atoms with E-state index in [2.05, 4.69) is 20.7 Å². The van der Waals surface area contributed by atoms with Crippen LogP contribution in [0.3, 0.4) is 0 Å². The summed E-state index contributed by atoms with van der Waals surface area (Å²) in [6.45, 7) is 6.91. The molecule has 0 aromatic carbocycles. The molecule has 7 nitrogen and oxygen atoms in total. The van der Waals surface area contributed by atoms with Crippen LogP contribution in [0.5, 0.6) is 0 Å². The Morgan fingerprint density at radius 2 is 2.26 bits per heavy atom. The number of aromatic nitrogens is 2. The summed E-state index contributed by atoms with van der Waals surface area (Å²) in [4.78, 5) is 18.3. The van der Waals surface area contributed by atoms with Crippen molar-refractivity contribution in [3.8, 4) is 0 Å². The van der Waals surface area contributed by atoms with Gasteiger partial charge in [0.25, 0.3) is 0 Å². The van der Waals surface area contributed by atoms with Crippen LogP contribution in [0.15, 0.2) is 17.3 Å². The summed E-state index contributed by atoms with van der Waals surface area (Å²) in [6.07, 6.45) is 3.31. The molecule has 1 aromatic rings. The Bertz CT molecular complexity index is 530. The van der Waals surface area contributed by atoms with E-state index in [1.807, 2.05) is 36.5 Å². The van der Waals surface area contributed by atoms with Crippen molar-refractivity contribution in [2.24, 2.45) is 12.0 Å². The molecule has 2 heterocycles. The highest BCUT2D eigenvalue weighted by atomic mass is 127. The molecule has 8 heteroatoms. The number of carbonyl (C=O) groups excluding carboxylic acids is 1. The lowest BCUT2D eigenvalue weighted by Crippen LogP contribution is -2.45. The second-order valence-corrected chi connectivity index (χ2v) is 5.46. The van der Waals surface area contributed by atoms with E-state index in [0.717, 1.165) is 37.7 Å². The van der Waals surface area contributed by atoms with Gasteiger partial charge in [0, 0.05) is 45.3 Å². The summed E-state index contributed by atoms with van der Waals surface area (Å²) in [5.74, 6) is 1.01. The maximum atomic E-state index is 11.7. The Kier molecular flexibility index (Phi) is 8.35. The van der Waals surface area contributed by atoms with Crippen LogP contribution in [0.4, 0.5) is 0 Å². The summed E-state index contributed by atoms with van der Waals surface area (Å²) in [7, 11) is 1.91. The molecular formula is C15H27IN6O. The van der Waals surface area contributed by atoms with Crippen LogP contribution in [0, 0.1) is 0 Å². The van der Waals surface area contributed by atoms with Gasteiger partial charge in [0.05, 0.1) is 12.2 Å². The predicted octanol–water partition coefficient (Wildman–Crippen LogP) is 1.10.